The van der Waals surface area contributed by atoms with Gasteiger partial charge in [-0.05, 0) is 87.0 Å². The molecule has 0 unspecified atom stereocenters. The topological polar surface area (TPSA) is 3.24 Å². The Balaban J connectivity index is 1.25. The molecule has 0 amide bonds. The van der Waals surface area contributed by atoms with Crippen LogP contribution in [0.15, 0.2) is 164 Å². The second-order valence-electron chi connectivity index (χ2n) is 12.1. The Labute approximate surface area is 266 Å². The second kappa shape index (κ2) is 9.28. The van der Waals surface area contributed by atoms with Gasteiger partial charge in [-0.15, -0.1) is 11.3 Å². The van der Waals surface area contributed by atoms with Crippen LogP contribution in [0.25, 0.3) is 42.4 Å². The molecule has 0 saturated heterocycles. The van der Waals surface area contributed by atoms with E-state index in [2.05, 4.69) is 169 Å². The average Bonchev–Trinajstić information content (AvgIpc) is 3.72. The first-order valence-corrected chi connectivity index (χ1v) is 16.3. The number of para-hydroxylation sites is 1. The summed E-state index contributed by atoms with van der Waals surface area (Å²) >= 11 is 1.87. The summed E-state index contributed by atoms with van der Waals surface area (Å²) in [5.74, 6) is 0. The number of hydrogen-bond acceptors (Lipinski definition) is 2. The van der Waals surface area contributed by atoms with E-state index >= 15 is 0 Å². The van der Waals surface area contributed by atoms with Gasteiger partial charge in [0, 0.05) is 37.2 Å². The maximum absolute atomic E-state index is 2.47. The summed E-state index contributed by atoms with van der Waals surface area (Å²) in [5.41, 5.74) is 13.9. The van der Waals surface area contributed by atoms with E-state index in [1.807, 2.05) is 11.3 Å². The molecule has 1 spiro atoms. The summed E-state index contributed by atoms with van der Waals surface area (Å²) < 4.78 is 2.63. The summed E-state index contributed by atoms with van der Waals surface area (Å²) in [7, 11) is 0. The van der Waals surface area contributed by atoms with E-state index in [1.54, 1.807) is 0 Å². The van der Waals surface area contributed by atoms with Crippen LogP contribution in [-0.2, 0) is 5.41 Å². The molecule has 0 fully saturated rings. The third kappa shape index (κ3) is 3.32. The van der Waals surface area contributed by atoms with Gasteiger partial charge in [-0.2, -0.15) is 0 Å². The molecule has 2 aliphatic carbocycles. The van der Waals surface area contributed by atoms with E-state index in [-0.39, 0.29) is 5.41 Å². The molecule has 8 aromatic rings. The lowest BCUT2D eigenvalue weighted by Crippen LogP contribution is -2.26. The molecular formula is C43H27NS. The first-order chi connectivity index (χ1) is 22.3. The van der Waals surface area contributed by atoms with Crippen LogP contribution in [0.5, 0.6) is 0 Å². The minimum Gasteiger partial charge on any atom is -0.310 e. The molecule has 1 nitrogen and oxygen atoms in total. The van der Waals surface area contributed by atoms with E-state index in [1.165, 1.54) is 64.7 Å². The van der Waals surface area contributed by atoms with Crippen LogP contribution >= 0.6 is 11.3 Å². The Morgan fingerprint density at radius 3 is 1.56 bits per heavy atom. The SMILES string of the molecule is c1ccc(N(c2ccc3c(c2)C2(c4ccccc4-c4ccccc42)c2ccccc2-3)c2ccc3c(c2)sc2ccccc23)cc1. The maximum Gasteiger partial charge on any atom is 0.0726 e. The first-order valence-electron chi connectivity index (χ1n) is 15.5. The van der Waals surface area contributed by atoms with Crippen molar-refractivity contribution in [3.63, 3.8) is 0 Å². The third-order valence-electron chi connectivity index (χ3n) is 9.87. The standard InChI is InChI=1S/C43H27NS/c1-2-12-28(13-3-1)44(30-23-25-36-35-17-7-11-21-41(35)45-42(36)27-30)29-22-24-34-33-16-6-10-20-39(33)43(40(34)26-29)37-18-8-4-14-31(37)32-15-5-9-19-38(32)43/h1-27H. The molecule has 2 heteroatoms. The highest BCUT2D eigenvalue weighted by molar-refractivity contribution is 7.25. The number of rotatable bonds is 3. The van der Waals surface area contributed by atoms with Crippen molar-refractivity contribution in [2.24, 2.45) is 0 Å². The van der Waals surface area contributed by atoms with Crippen molar-refractivity contribution in [3.8, 4) is 22.3 Å². The van der Waals surface area contributed by atoms with Gasteiger partial charge in [-0.25, -0.2) is 0 Å². The molecule has 7 aromatic carbocycles. The molecule has 0 saturated carbocycles. The van der Waals surface area contributed by atoms with Crippen molar-refractivity contribution >= 4 is 48.6 Å². The Hall–Kier alpha value is -5.44. The monoisotopic (exact) mass is 589 g/mol. The van der Waals surface area contributed by atoms with Gasteiger partial charge in [0.1, 0.15) is 0 Å². The maximum atomic E-state index is 2.47. The van der Waals surface area contributed by atoms with E-state index in [4.69, 9.17) is 0 Å². The van der Waals surface area contributed by atoms with E-state index in [0.29, 0.717) is 0 Å². The zero-order valence-corrected chi connectivity index (χ0v) is 25.3. The highest BCUT2D eigenvalue weighted by Gasteiger charge is 2.51. The predicted octanol–water partition coefficient (Wildman–Crippen LogP) is 11.9. The normalized spacial score (nSPS) is 13.5. The third-order valence-corrected chi connectivity index (χ3v) is 11.0. The van der Waals surface area contributed by atoms with Gasteiger partial charge < -0.3 is 4.90 Å². The molecule has 0 radical (unpaired) electrons. The van der Waals surface area contributed by atoms with Crippen molar-refractivity contribution in [2.45, 2.75) is 5.41 Å². The van der Waals surface area contributed by atoms with Crippen LogP contribution in [0.4, 0.5) is 17.1 Å². The van der Waals surface area contributed by atoms with E-state index < -0.39 is 0 Å². The number of thiophene rings is 1. The lowest BCUT2D eigenvalue weighted by Gasteiger charge is -2.32. The van der Waals surface area contributed by atoms with Crippen molar-refractivity contribution < 1.29 is 0 Å². The number of benzene rings is 7. The molecule has 10 rings (SSSR count). The molecule has 1 aromatic heterocycles. The highest BCUT2D eigenvalue weighted by atomic mass is 32.1. The van der Waals surface area contributed by atoms with Crippen LogP contribution < -0.4 is 4.90 Å². The summed E-state index contributed by atoms with van der Waals surface area (Å²) in [6.45, 7) is 0. The fourth-order valence-electron chi connectivity index (χ4n) is 8.10. The van der Waals surface area contributed by atoms with Gasteiger partial charge in [-0.1, -0.05) is 121 Å². The van der Waals surface area contributed by atoms with Crippen LogP contribution in [0, 0.1) is 0 Å². The average molecular weight is 590 g/mol. The van der Waals surface area contributed by atoms with Crippen molar-refractivity contribution in [1.82, 2.24) is 0 Å². The smallest absolute Gasteiger partial charge is 0.0726 e. The molecular weight excluding hydrogens is 563 g/mol. The van der Waals surface area contributed by atoms with Crippen molar-refractivity contribution in [1.29, 1.82) is 0 Å². The largest absolute Gasteiger partial charge is 0.310 e. The molecule has 0 bridgehead atoms. The molecule has 0 atom stereocenters. The fourth-order valence-corrected chi connectivity index (χ4v) is 9.24. The second-order valence-corrected chi connectivity index (χ2v) is 13.2. The Kier molecular flexibility index (Phi) is 5.14. The van der Waals surface area contributed by atoms with E-state index in [0.717, 1.165) is 17.1 Å². The Morgan fingerprint density at radius 2 is 0.867 bits per heavy atom. The van der Waals surface area contributed by atoms with Gasteiger partial charge in [0.25, 0.3) is 0 Å². The summed E-state index contributed by atoms with van der Waals surface area (Å²) in [6, 6.07) is 60.7. The highest BCUT2D eigenvalue weighted by Crippen LogP contribution is 2.63. The number of anilines is 3. The quantitative estimate of drug-likeness (QED) is 0.198. The minimum atomic E-state index is -0.368. The fraction of sp³-hybridized carbons (Fsp3) is 0.0233. The van der Waals surface area contributed by atoms with Gasteiger partial charge in [0.15, 0.2) is 0 Å². The Morgan fingerprint density at radius 1 is 0.356 bits per heavy atom. The van der Waals surface area contributed by atoms with Crippen LogP contribution in [-0.4, -0.2) is 0 Å². The summed E-state index contributed by atoms with van der Waals surface area (Å²) in [4.78, 5) is 2.42. The lowest BCUT2D eigenvalue weighted by atomic mass is 9.70. The van der Waals surface area contributed by atoms with E-state index in [9.17, 15) is 0 Å². The summed E-state index contributed by atoms with van der Waals surface area (Å²) in [5, 5.41) is 2.64. The van der Waals surface area contributed by atoms with Crippen LogP contribution in [0.1, 0.15) is 22.3 Å². The number of hydrogen-bond donors (Lipinski definition) is 0. The lowest BCUT2D eigenvalue weighted by molar-refractivity contribution is 0.793. The van der Waals surface area contributed by atoms with Crippen LogP contribution in [0.3, 0.4) is 0 Å². The molecule has 2 aliphatic rings. The van der Waals surface area contributed by atoms with Crippen molar-refractivity contribution in [2.75, 3.05) is 4.90 Å². The molecule has 1 heterocycles. The zero-order valence-electron chi connectivity index (χ0n) is 24.4. The van der Waals surface area contributed by atoms with Gasteiger partial charge in [0.05, 0.1) is 5.41 Å². The van der Waals surface area contributed by atoms with Gasteiger partial charge in [-0.3, -0.25) is 0 Å². The summed E-state index contributed by atoms with van der Waals surface area (Å²) in [6.07, 6.45) is 0. The van der Waals surface area contributed by atoms with Crippen LogP contribution in [0.2, 0.25) is 0 Å². The minimum absolute atomic E-state index is 0.368. The Bertz CT molecular complexity index is 2390. The molecule has 45 heavy (non-hydrogen) atoms. The molecule has 0 N–H and O–H groups in total. The first kappa shape index (κ1) is 24.9. The van der Waals surface area contributed by atoms with Gasteiger partial charge in [0.2, 0.25) is 0 Å². The zero-order chi connectivity index (χ0) is 29.5. The van der Waals surface area contributed by atoms with Crippen molar-refractivity contribution in [3.05, 3.63) is 186 Å². The number of fused-ring (bicyclic) bond motifs is 13. The predicted molar refractivity (Wildman–Crippen MR) is 190 cm³/mol. The molecule has 0 aliphatic heterocycles. The number of nitrogens with zero attached hydrogens (tertiary/aromatic N) is 1. The molecule has 210 valence electrons. The van der Waals surface area contributed by atoms with Gasteiger partial charge >= 0.3 is 0 Å².